The SMILES string of the molecule is C[C@H](CC(=O)Cl)C(F)(F)F. The van der Waals surface area contributed by atoms with E-state index in [0.29, 0.717) is 0 Å². The number of carbonyl (C=O) groups excluding carboxylic acids is 1. The van der Waals surface area contributed by atoms with E-state index < -0.39 is 23.8 Å². The van der Waals surface area contributed by atoms with Gasteiger partial charge in [-0.05, 0) is 11.6 Å². The molecule has 0 aromatic heterocycles. The predicted molar refractivity (Wildman–Crippen MR) is 30.7 cm³/mol. The third-order valence-electron chi connectivity index (χ3n) is 1.03. The van der Waals surface area contributed by atoms with Crippen molar-refractivity contribution in [3.05, 3.63) is 0 Å². The van der Waals surface area contributed by atoms with Crippen LogP contribution in [0.15, 0.2) is 0 Å². The molecule has 0 unspecified atom stereocenters. The standard InChI is InChI=1S/C5H6ClF3O/c1-3(2-4(6)10)5(7,8)9/h3H,2H2,1H3/t3-/m1/s1. The molecule has 0 fully saturated rings. The summed E-state index contributed by atoms with van der Waals surface area (Å²) in [6, 6.07) is 0. The molecule has 0 saturated carbocycles. The highest BCUT2D eigenvalue weighted by Gasteiger charge is 2.36. The van der Waals surface area contributed by atoms with Gasteiger partial charge in [-0.15, -0.1) is 0 Å². The Balaban J connectivity index is 3.85. The molecule has 1 nitrogen and oxygen atoms in total. The molecule has 0 N–H and O–H groups in total. The molecule has 0 spiro atoms. The van der Waals surface area contributed by atoms with Gasteiger partial charge in [0.15, 0.2) is 0 Å². The molecule has 0 rings (SSSR count). The van der Waals surface area contributed by atoms with Crippen molar-refractivity contribution in [3.8, 4) is 0 Å². The molecule has 60 valence electrons. The van der Waals surface area contributed by atoms with E-state index in [4.69, 9.17) is 11.6 Å². The first kappa shape index (κ1) is 9.75. The van der Waals surface area contributed by atoms with Gasteiger partial charge in [0.1, 0.15) is 0 Å². The Bertz CT molecular complexity index is 131. The van der Waals surface area contributed by atoms with E-state index in [9.17, 15) is 18.0 Å². The number of alkyl halides is 3. The van der Waals surface area contributed by atoms with Crippen LogP contribution in [0.2, 0.25) is 0 Å². The zero-order valence-corrected chi connectivity index (χ0v) is 5.96. The minimum absolute atomic E-state index is 0.648. The summed E-state index contributed by atoms with van der Waals surface area (Å²) in [5.74, 6) is -1.64. The third kappa shape index (κ3) is 3.71. The maximum atomic E-state index is 11.6. The van der Waals surface area contributed by atoms with E-state index in [2.05, 4.69) is 0 Å². The first-order chi connectivity index (χ1) is 4.34. The second-order valence-corrected chi connectivity index (χ2v) is 2.42. The van der Waals surface area contributed by atoms with Gasteiger partial charge in [-0.25, -0.2) is 0 Å². The summed E-state index contributed by atoms with van der Waals surface area (Å²) in [6.07, 6.45) is -4.96. The molecule has 1 atom stereocenters. The fraction of sp³-hybridized carbons (Fsp3) is 0.800. The van der Waals surface area contributed by atoms with Crippen molar-refractivity contribution < 1.29 is 18.0 Å². The monoisotopic (exact) mass is 174 g/mol. The quantitative estimate of drug-likeness (QED) is 0.588. The van der Waals surface area contributed by atoms with Gasteiger partial charge in [-0.1, -0.05) is 6.92 Å². The van der Waals surface area contributed by atoms with Crippen molar-refractivity contribution in [2.24, 2.45) is 5.92 Å². The summed E-state index contributed by atoms with van der Waals surface area (Å²) in [5.41, 5.74) is 0. The second-order valence-electron chi connectivity index (χ2n) is 2.00. The van der Waals surface area contributed by atoms with Gasteiger partial charge in [0.2, 0.25) is 5.24 Å². The van der Waals surface area contributed by atoms with Crippen LogP contribution in [-0.4, -0.2) is 11.4 Å². The highest BCUT2D eigenvalue weighted by atomic mass is 35.5. The number of rotatable bonds is 2. The van der Waals surface area contributed by atoms with Gasteiger partial charge >= 0.3 is 6.18 Å². The lowest BCUT2D eigenvalue weighted by atomic mass is 10.1. The second kappa shape index (κ2) is 3.23. The van der Waals surface area contributed by atoms with Gasteiger partial charge in [0, 0.05) is 6.42 Å². The van der Waals surface area contributed by atoms with E-state index >= 15 is 0 Å². The van der Waals surface area contributed by atoms with E-state index in [1.165, 1.54) is 0 Å². The summed E-state index contributed by atoms with van der Waals surface area (Å²) in [5, 5.41) is -0.954. The minimum atomic E-state index is -4.31. The molecule has 5 heteroatoms. The van der Waals surface area contributed by atoms with Crippen molar-refractivity contribution in [1.29, 1.82) is 0 Å². The largest absolute Gasteiger partial charge is 0.392 e. The number of halogens is 4. The van der Waals surface area contributed by atoms with Gasteiger partial charge in [-0.3, -0.25) is 4.79 Å². The molecule has 0 aromatic carbocycles. The molecule has 0 saturated heterocycles. The van der Waals surface area contributed by atoms with Crippen molar-refractivity contribution in [2.75, 3.05) is 0 Å². The van der Waals surface area contributed by atoms with Crippen molar-refractivity contribution in [2.45, 2.75) is 19.5 Å². The van der Waals surface area contributed by atoms with Crippen LogP contribution < -0.4 is 0 Å². The normalized spacial score (nSPS) is 14.9. The number of carbonyl (C=O) groups is 1. The predicted octanol–water partition coefficient (Wildman–Crippen LogP) is 2.34. The van der Waals surface area contributed by atoms with Crippen LogP contribution >= 0.6 is 11.6 Å². The van der Waals surface area contributed by atoms with Gasteiger partial charge < -0.3 is 0 Å². The Morgan fingerprint density at radius 2 is 2.00 bits per heavy atom. The van der Waals surface area contributed by atoms with Crippen molar-refractivity contribution >= 4 is 16.8 Å². The Hall–Kier alpha value is -0.250. The van der Waals surface area contributed by atoms with Crippen molar-refractivity contribution in [1.82, 2.24) is 0 Å². The van der Waals surface area contributed by atoms with Crippen LogP contribution in [0.25, 0.3) is 0 Å². The molecular formula is C5H6ClF3O. The maximum absolute atomic E-state index is 11.6. The maximum Gasteiger partial charge on any atom is 0.392 e. The van der Waals surface area contributed by atoms with Crippen LogP contribution in [0.1, 0.15) is 13.3 Å². The fourth-order valence-corrected chi connectivity index (χ4v) is 0.588. The van der Waals surface area contributed by atoms with E-state index in [1.807, 2.05) is 0 Å². The summed E-state index contributed by atoms with van der Waals surface area (Å²) in [6.45, 7) is 0.917. The Morgan fingerprint density at radius 1 is 1.60 bits per heavy atom. The molecule has 0 radical (unpaired) electrons. The third-order valence-corrected chi connectivity index (χ3v) is 1.18. The smallest absolute Gasteiger partial charge is 0.281 e. The zero-order chi connectivity index (χ0) is 8.36. The Labute approximate surface area is 61.2 Å². The summed E-state index contributed by atoms with van der Waals surface area (Å²) >= 11 is 4.74. The Kier molecular flexibility index (Phi) is 3.15. The number of hydrogen-bond acceptors (Lipinski definition) is 1. The molecule has 0 aromatic rings. The topological polar surface area (TPSA) is 17.1 Å². The molecular weight excluding hydrogens is 169 g/mol. The van der Waals surface area contributed by atoms with E-state index in [-0.39, 0.29) is 0 Å². The van der Waals surface area contributed by atoms with E-state index in [0.717, 1.165) is 6.92 Å². The van der Waals surface area contributed by atoms with Gasteiger partial charge in [0.05, 0.1) is 5.92 Å². The first-order valence-electron chi connectivity index (χ1n) is 2.59. The van der Waals surface area contributed by atoms with Crippen LogP contribution in [0, 0.1) is 5.92 Å². The average Bonchev–Trinajstić information content (AvgIpc) is 1.60. The van der Waals surface area contributed by atoms with Crippen LogP contribution in [0.3, 0.4) is 0 Å². The van der Waals surface area contributed by atoms with Crippen LogP contribution in [0.5, 0.6) is 0 Å². The molecule has 0 aliphatic rings. The molecule has 0 heterocycles. The lowest BCUT2D eigenvalue weighted by Crippen LogP contribution is -2.21. The average molecular weight is 175 g/mol. The Morgan fingerprint density at radius 3 is 2.10 bits per heavy atom. The zero-order valence-electron chi connectivity index (χ0n) is 5.20. The fourth-order valence-electron chi connectivity index (χ4n) is 0.356. The summed E-state index contributed by atoms with van der Waals surface area (Å²) in [4.78, 5) is 9.97. The minimum Gasteiger partial charge on any atom is -0.281 e. The highest BCUT2D eigenvalue weighted by molar-refractivity contribution is 6.63. The molecule has 0 aliphatic carbocycles. The highest BCUT2D eigenvalue weighted by Crippen LogP contribution is 2.28. The van der Waals surface area contributed by atoms with E-state index in [1.54, 1.807) is 0 Å². The van der Waals surface area contributed by atoms with Crippen LogP contribution in [0.4, 0.5) is 13.2 Å². The summed E-state index contributed by atoms with van der Waals surface area (Å²) < 4.78 is 34.8. The molecule has 0 aliphatic heterocycles. The molecule has 10 heavy (non-hydrogen) atoms. The summed E-state index contributed by atoms with van der Waals surface area (Å²) in [7, 11) is 0. The van der Waals surface area contributed by atoms with Gasteiger partial charge in [0.25, 0.3) is 0 Å². The first-order valence-corrected chi connectivity index (χ1v) is 2.97. The van der Waals surface area contributed by atoms with Crippen molar-refractivity contribution in [3.63, 3.8) is 0 Å². The molecule has 0 bridgehead atoms. The van der Waals surface area contributed by atoms with Gasteiger partial charge in [-0.2, -0.15) is 13.2 Å². The molecule has 0 amide bonds. The number of hydrogen-bond donors (Lipinski definition) is 0. The lowest BCUT2D eigenvalue weighted by Gasteiger charge is -2.12. The van der Waals surface area contributed by atoms with Crippen LogP contribution in [-0.2, 0) is 4.79 Å². The lowest BCUT2D eigenvalue weighted by molar-refractivity contribution is -0.172.